The summed E-state index contributed by atoms with van der Waals surface area (Å²) in [6.45, 7) is 6.06. The minimum atomic E-state index is -0.131. The lowest BCUT2D eigenvalue weighted by Crippen LogP contribution is -2.12. The van der Waals surface area contributed by atoms with Crippen molar-refractivity contribution in [2.75, 3.05) is 11.9 Å². The molecule has 1 amide bonds. The molecule has 0 saturated carbocycles. The van der Waals surface area contributed by atoms with E-state index < -0.39 is 0 Å². The highest BCUT2D eigenvalue weighted by atomic mass is 127. The topological polar surface area (TPSA) is 38.3 Å². The number of halogens is 1. The Hall–Kier alpha value is -1.82. The molecule has 4 heteroatoms. The van der Waals surface area contributed by atoms with Crippen molar-refractivity contribution in [2.24, 2.45) is 0 Å². The molecule has 0 bridgehead atoms. The number of aryl methyl sites for hydroxylation is 1. The predicted octanol–water partition coefficient (Wildman–Crippen LogP) is 4.42. The summed E-state index contributed by atoms with van der Waals surface area (Å²) in [5.41, 5.74) is 2.51. The van der Waals surface area contributed by atoms with Gasteiger partial charge < -0.3 is 10.1 Å². The maximum atomic E-state index is 12.2. The van der Waals surface area contributed by atoms with Crippen molar-refractivity contribution in [1.82, 2.24) is 0 Å². The molecule has 0 unspecified atom stereocenters. The molecule has 0 spiro atoms. The van der Waals surface area contributed by atoms with E-state index in [1.54, 1.807) is 12.1 Å². The molecule has 0 radical (unpaired) electrons. The van der Waals surface area contributed by atoms with Gasteiger partial charge in [0.2, 0.25) is 0 Å². The largest absolute Gasteiger partial charge is 0.489 e. The molecule has 0 aliphatic carbocycles. The van der Waals surface area contributed by atoms with Crippen LogP contribution in [-0.4, -0.2) is 12.5 Å². The van der Waals surface area contributed by atoms with Crippen molar-refractivity contribution in [3.63, 3.8) is 0 Å². The van der Waals surface area contributed by atoms with Crippen LogP contribution in [0, 0.1) is 10.5 Å². The van der Waals surface area contributed by atoms with Crippen molar-refractivity contribution < 1.29 is 9.53 Å². The summed E-state index contributed by atoms with van der Waals surface area (Å²) in [5, 5.41) is 2.87. The highest BCUT2D eigenvalue weighted by Gasteiger charge is 2.08. The van der Waals surface area contributed by atoms with Gasteiger partial charge in [-0.05, 0) is 59.3 Å². The lowest BCUT2D eigenvalue weighted by atomic mass is 10.1. The van der Waals surface area contributed by atoms with E-state index in [-0.39, 0.29) is 5.91 Å². The molecule has 0 aliphatic heterocycles. The maximum absolute atomic E-state index is 12.2. The summed E-state index contributed by atoms with van der Waals surface area (Å²) in [6, 6.07) is 13.0. The summed E-state index contributed by atoms with van der Waals surface area (Å²) in [5.74, 6) is 0.569. The van der Waals surface area contributed by atoms with Crippen LogP contribution in [0.1, 0.15) is 15.9 Å². The second kappa shape index (κ2) is 7.26. The summed E-state index contributed by atoms with van der Waals surface area (Å²) < 4.78 is 6.52. The summed E-state index contributed by atoms with van der Waals surface area (Å²) in [4.78, 5) is 12.2. The third-order valence-corrected chi connectivity index (χ3v) is 4.06. The first kappa shape index (κ1) is 15.6. The highest BCUT2D eigenvalue weighted by molar-refractivity contribution is 14.1. The van der Waals surface area contributed by atoms with Crippen molar-refractivity contribution in [2.45, 2.75) is 6.92 Å². The fraction of sp³-hybridized carbons (Fsp3) is 0.118. The van der Waals surface area contributed by atoms with Crippen LogP contribution in [0.3, 0.4) is 0 Å². The van der Waals surface area contributed by atoms with Crippen LogP contribution < -0.4 is 10.1 Å². The molecule has 1 N–H and O–H groups in total. The average molecular weight is 393 g/mol. The number of carbonyl (C=O) groups is 1. The van der Waals surface area contributed by atoms with E-state index >= 15 is 0 Å². The number of ether oxygens (including phenoxy) is 1. The van der Waals surface area contributed by atoms with Crippen molar-refractivity contribution in [3.8, 4) is 5.75 Å². The number of hydrogen-bond acceptors (Lipinski definition) is 2. The molecular weight excluding hydrogens is 377 g/mol. The molecule has 0 heterocycles. The van der Waals surface area contributed by atoms with Gasteiger partial charge in [-0.25, -0.2) is 0 Å². The molecule has 21 heavy (non-hydrogen) atoms. The Morgan fingerprint density at radius 3 is 2.86 bits per heavy atom. The predicted molar refractivity (Wildman–Crippen MR) is 94.0 cm³/mol. The maximum Gasteiger partial charge on any atom is 0.255 e. The second-order valence-electron chi connectivity index (χ2n) is 4.55. The van der Waals surface area contributed by atoms with Crippen LogP contribution in [-0.2, 0) is 0 Å². The molecule has 3 nitrogen and oxygen atoms in total. The standard InChI is InChI=1S/C17H16INO2/c1-3-9-21-15-6-4-5-14(11-15)19-17(20)13-8-7-12(2)16(18)10-13/h3-8,10-11H,1,9H2,2H3,(H,19,20). The summed E-state index contributed by atoms with van der Waals surface area (Å²) in [7, 11) is 0. The Labute approximate surface area is 138 Å². The minimum absolute atomic E-state index is 0.131. The van der Waals surface area contributed by atoms with Crippen molar-refractivity contribution >= 4 is 34.2 Å². The molecule has 0 saturated heterocycles. The van der Waals surface area contributed by atoms with Crippen molar-refractivity contribution in [3.05, 3.63) is 69.8 Å². The Kier molecular flexibility index (Phi) is 5.38. The highest BCUT2D eigenvalue weighted by Crippen LogP contribution is 2.19. The number of anilines is 1. The normalized spacial score (nSPS) is 10.0. The van der Waals surface area contributed by atoms with Gasteiger partial charge in [0.15, 0.2) is 0 Å². The third-order valence-electron chi connectivity index (χ3n) is 2.89. The van der Waals surface area contributed by atoms with Crippen LogP contribution in [0.25, 0.3) is 0 Å². The Morgan fingerprint density at radius 2 is 2.14 bits per heavy atom. The molecule has 2 aromatic carbocycles. The van der Waals surface area contributed by atoms with Gasteiger partial charge in [-0.15, -0.1) is 0 Å². The van der Waals surface area contributed by atoms with Gasteiger partial charge in [0.1, 0.15) is 12.4 Å². The van der Waals surface area contributed by atoms with Crippen molar-refractivity contribution in [1.29, 1.82) is 0 Å². The van der Waals surface area contributed by atoms with Gasteiger partial charge in [0.05, 0.1) is 0 Å². The number of benzene rings is 2. The SMILES string of the molecule is C=CCOc1cccc(NC(=O)c2ccc(C)c(I)c2)c1. The lowest BCUT2D eigenvalue weighted by Gasteiger charge is -2.09. The molecule has 2 rings (SSSR count). The number of carbonyl (C=O) groups excluding carboxylic acids is 1. The third kappa shape index (κ3) is 4.32. The van der Waals surface area contributed by atoms with Gasteiger partial charge in [0.25, 0.3) is 5.91 Å². The molecule has 108 valence electrons. The smallest absolute Gasteiger partial charge is 0.255 e. The van der Waals surface area contributed by atoms with E-state index in [2.05, 4.69) is 34.5 Å². The fourth-order valence-electron chi connectivity index (χ4n) is 1.76. The Balaban J connectivity index is 2.11. The van der Waals surface area contributed by atoms with Crippen LogP contribution in [0.15, 0.2) is 55.1 Å². The number of rotatable bonds is 5. The number of nitrogens with one attached hydrogen (secondary N) is 1. The molecular formula is C17H16INO2. The number of hydrogen-bond donors (Lipinski definition) is 1. The zero-order valence-electron chi connectivity index (χ0n) is 11.7. The quantitative estimate of drug-likeness (QED) is 0.604. The van der Waals surface area contributed by atoms with E-state index in [1.807, 2.05) is 43.3 Å². The second-order valence-corrected chi connectivity index (χ2v) is 5.71. The minimum Gasteiger partial charge on any atom is -0.489 e. The van der Waals surface area contributed by atoms with Gasteiger partial charge in [-0.2, -0.15) is 0 Å². The molecule has 0 atom stereocenters. The van der Waals surface area contributed by atoms with Crippen LogP contribution in [0.4, 0.5) is 5.69 Å². The Morgan fingerprint density at radius 1 is 1.33 bits per heavy atom. The van der Waals surface area contributed by atoms with Crippen LogP contribution in [0.5, 0.6) is 5.75 Å². The summed E-state index contributed by atoms with van der Waals surface area (Å²) >= 11 is 2.23. The number of amides is 1. The van der Waals surface area contributed by atoms with E-state index in [1.165, 1.54) is 0 Å². The first-order valence-corrected chi connectivity index (χ1v) is 7.59. The van der Waals surface area contributed by atoms with E-state index in [0.29, 0.717) is 23.6 Å². The molecule has 0 aliphatic rings. The molecule has 0 fully saturated rings. The van der Waals surface area contributed by atoms with Gasteiger partial charge >= 0.3 is 0 Å². The fourth-order valence-corrected chi connectivity index (χ4v) is 2.27. The first-order valence-electron chi connectivity index (χ1n) is 6.51. The zero-order valence-corrected chi connectivity index (χ0v) is 13.9. The van der Waals surface area contributed by atoms with E-state index in [0.717, 1.165) is 9.13 Å². The monoisotopic (exact) mass is 393 g/mol. The van der Waals surface area contributed by atoms with Gasteiger partial charge in [-0.1, -0.05) is 24.8 Å². The Bertz CT molecular complexity index is 668. The molecule has 0 aromatic heterocycles. The zero-order chi connectivity index (χ0) is 15.2. The van der Waals surface area contributed by atoms with E-state index in [9.17, 15) is 4.79 Å². The van der Waals surface area contributed by atoms with Crippen LogP contribution in [0.2, 0.25) is 0 Å². The van der Waals surface area contributed by atoms with E-state index in [4.69, 9.17) is 4.74 Å². The molecule has 2 aromatic rings. The van der Waals surface area contributed by atoms with Gasteiger partial charge in [0, 0.05) is 20.9 Å². The summed E-state index contributed by atoms with van der Waals surface area (Å²) in [6.07, 6.45) is 1.68. The first-order chi connectivity index (χ1) is 10.1. The van der Waals surface area contributed by atoms with Gasteiger partial charge in [-0.3, -0.25) is 4.79 Å². The lowest BCUT2D eigenvalue weighted by molar-refractivity contribution is 0.102. The van der Waals surface area contributed by atoms with Crippen LogP contribution >= 0.6 is 22.6 Å². The average Bonchev–Trinajstić information content (AvgIpc) is 2.48.